The van der Waals surface area contributed by atoms with Crippen LogP contribution in [0.1, 0.15) is 5.76 Å². The molecule has 0 spiro atoms. The maximum Gasteiger partial charge on any atom is 0.105 e. The first kappa shape index (κ1) is 10.7. The van der Waals surface area contributed by atoms with Crippen molar-refractivity contribution in [2.45, 2.75) is 12.5 Å². The van der Waals surface area contributed by atoms with Crippen molar-refractivity contribution in [2.24, 2.45) is 5.73 Å². The molecule has 0 bridgehead atoms. The van der Waals surface area contributed by atoms with Crippen molar-refractivity contribution in [3.05, 3.63) is 24.2 Å². The van der Waals surface area contributed by atoms with Crippen LogP contribution in [0.3, 0.4) is 0 Å². The van der Waals surface area contributed by atoms with Crippen molar-refractivity contribution in [1.82, 2.24) is 4.90 Å². The van der Waals surface area contributed by atoms with E-state index in [1.807, 2.05) is 12.1 Å². The van der Waals surface area contributed by atoms with E-state index in [0.717, 1.165) is 45.0 Å². The highest BCUT2D eigenvalue weighted by Crippen LogP contribution is 2.05. The summed E-state index contributed by atoms with van der Waals surface area (Å²) >= 11 is 0. The Bertz CT molecular complexity index is 268. The molecular formula is C11H18N2O2. The van der Waals surface area contributed by atoms with Crippen LogP contribution in [0.4, 0.5) is 0 Å². The number of furan rings is 1. The number of nitrogens with zero attached hydrogens (tertiary/aromatic N) is 1. The molecule has 2 heterocycles. The Morgan fingerprint density at radius 3 is 2.87 bits per heavy atom. The molecular weight excluding hydrogens is 192 g/mol. The minimum atomic E-state index is 0.147. The van der Waals surface area contributed by atoms with E-state index in [9.17, 15) is 0 Å². The minimum absolute atomic E-state index is 0.147. The molecule has 2 N–H and O–H groups in total. The van der Waals surface area contributed by atoms with Gasteiger partial charge >= 0.3 is 0 Å². The van der Waals surface area contributed by atoms with Gasteiger partial charge in [-0.25, -0.2) is 0 Å². The van der Waals surface area contributed by atoms with Gasteiger partial charge in [-0.2, -0.15) is 0 Å². The molecule has 84 valence electrons. The highest BCUT2D eigenvalue weighted by atomic mass is 16.5. The summed E-state index contributed by atoms with van der Waals surface area (Å²) in [6.45, 7) is 4.56. The Labute approximate surface area is 90.0 Å². The van der Waals surface area contributed by atoms with Crippen molar-refractivity contribution < 1.29 is 9.15 Å². The molecule has 1 unspecified atom stereocenters. The topological polar surface area (TPSA) is 51.6 Å². The number of morpholine rings is 1. The van der Waals surface area contributed by atoms with E-state index < -0.39 is 0 Å². The monoisotopic (exact) mass is 210 g/mol. The quantitative estimate of drug-likeness (QED) is 0.785. The summed E-state index contributed by atoms with van der Waals surface area (Å²) in [6, 6.07) is 4.02. The van der Waals surface area contributed by atoms with Crippen LogP contribution in [0.2, 0.25) is 0 Å². The second-order valence-electron chi connectivity index (χ2n) is 3.96. The molecule has 1 fully saturated rings. The Morgan fingerprint density at radius 2 is 2.20 bits per heavy atom. The zero-order valence-electron chi connectivity index (χ0n) is 8.89. The molecule has 15 heavy (non-hydrogen) atoms. The lowest BCUT2D eigenvalue weighted by molar-refractivity contribution is 0.0351. The van der Waals surface area contributed by atoms with Gasteiger partial charge in [0.05, 0.1) is 19.5 Å². The smallest absolute Gasteiger partial charge is 0.105 e. The number of ether oxygens (including phenoxy) is 1. The molecule has 2 rings (SSSR count). The molecule has 0 saturated carbocycles. The largest absolute Gasteiger partial charge is 0.469 e. The highest BCUT2D eigenvalue weighted by Gasteiger charge is 2.14. The molecule has 1 aromatic heterocycles. The fourth-order valence-corrected chi connectivity index (χ4v) is 1.87. The first-order valence-corrected chi connectivity index (χ1v) is 5.42. The fourth-order valence-electron chi connectivity index (χ4n) is 1.87. The summed E-state index contributed by atoms with van der Waals surface area (Å²) in [7, 11) is 0. The van der Waals surface area contributed by atoms with E-state index >= 15 is 0 Å². The lowest BCUT2D eigenvalue weighted by atomic mass is 10.1. The molecule has 1 aliphatic rings. The first-order chi connectivity index (χ1) is 7.34. The van der Waals surface area contributed by atoms with E-state index in [4.69, 9.17) is 14.9 Å². The molecule has 4 heteroatoms. The number of nitrogens with two attached hydrogens (primary N) is 1. The standard InChI is InChI=1S/C11H18N2O2/c12-10(8-11-2-1-5-15-11)9-13-3-6-14-7-4-13/h1-2,5,10H,3-4,6-9,12H2. The van der Waals surface area contributed by atoms with Crippen LogP contribution in [0.15, 0.2) is 22.8 Å². The van der Waals surface area contributed by atoms with Gasteiger partial charge in [-0.3, -0.25) is 4.90 Å². The van der Waals surface area contributed by atoms with Crippen LogP contribution < -0.4 is 5.73 Å². The summed E-state index contributed by atoms with van der Waals surface area (Å²) in [5, 5.41) is 0. The Balaban J connectivity index is 1.74. The van der Waals surface area contributed by atoms with Gasteiger partial charge in [0.15, 0.2) is 0 Å². The van der Waals surface area contributed by atoms with E-state index in [-0.39, 0.29) is 6.04 Å². The minimum Gasteiger partial charge on any atom is -0.469 e. The van der Waals surface area contributed by atoms with Crippen LogP contribution >= 0.6 is 0 Å². The van der Waals surface area contributed by atoms with Gasteiger partial charge in [-0.15, -0.1) is 0 Å². The van der Waals surface area contributed by atoms with Crippen LogP contribution in [-0.4, -0.2) is 43.8 Å². The predicted molar refractivity (Wildman–Crippen MR) is 57.6 cm³/mol. The summed E-state index contributed by atoms with van der Waals surface area (Å²) in [6.07, 6.45) is 2.50. The maximum absolute atomic E-state index is 6.05. The van der Waals surface area contributed by atoms with Crippen LogP contribution in [0.25, 0.3) is 0 Å². The van der Waals surface area contributed by atoms with Crippen molar-refractivity contribution in [1.29, 1.82) is 0 Å². The van der Waals surface area contributed by atoms with E-state index in [1.54, 1.807) is 6.26 Å². The Hall–Kier alpha value is -0.840. The summed E-state index contributed by atoms with van der Waals surface area (Å²) in [5.74, 6) is 0.968. The zero-order chi connectivity index (χ0) is 10.5. The van der Waals surface area contributed by atoms with Gasteiger partial charge in [0, 0.05) is 32.1 Å². The average Bonchev–Trinajstić information content (AvgIpc) is 2.71. The lowest BCUT2D eigenvalue weighted by Gasteiger charge is -2.28. The second kappa shape index (κ2) is 5.30. The fraction of sp³-hybridized carbons (Fsp3) is 0.636. The third-order valence-electron chi connectivity index (χ3n) is 2.64. The molecule has 1 aromatic rings. The van der Waals surface area contributed by atoms with E-state index in [1.165, 1.54) is 0 Å². The normalized spacial score (nSPS) is 20.3. The molecule has 0 aromatic carbocycles. The van der Waals surface area contributed by atoms with Gasteiger partial charge in [-0.1, -0.05) is 0 Å². The number of hydrogen-bond donors (Lipinski definition) is 1. The van der Waals surface area contributed by atoms with Gasteiger partial charge in [-0.05, 0) is 12.1 Å². The molecule has 0 amide bonds. The molecule has 0 aliphatic carbocycles. The zero-order valence-corrected chi connectivity index (χ0v) is 8.89. The average molecular weight is 210 g/mol. The second-order valence-corrected chi connectivity index (χ2v) is 3.96. The van der Waals surface area contributed by atoms with E-state index in [2.05, 4.69) is 4.90 Å². The lowest BCUT2D eigenvalue weighted by Crippen LogP contribution is -2.44. The molecule has 1 saturated heterocycles. The van der Waals surface area contributed by atoms with E-state index in [0.29, 0.717) is 0 Å². The summed E-state index contributed by atoms with van der Waals surface area (Å²) in [4.78, 5) is 2.34. The van der Waals surface area contributed by atoms with Crippen LogP contribution in [-0.2, 0) is 11.2 Å². The van der Waals surface area contributed by atoms with Crippen molar-refractivity contribution in [3.8, 4) is 0 Å². The predicted octanol–water partition coefficient (Wildman–Crippen LogP) is 0.482. The van der Waals surface area contributed by atoms with Crippen molar-refractivity contribution in [3.63, 3.8) is 0 Å². The molecule has 1 atom stereocenters. The highest BCUT2D eigenvalue weighted by molar-refractivity contribution is 5.00. The molecule has 1 aliphatic heterocycles. The molecule has 0 radical (unpaired) electrons. The van der Waals surface area contributed by atoms with Crippen molar-refractivity contribution in [2.75, 3.05) is 32.8 Å². The molecule has 4 nitrogen and oxygen atoms in total. The number of hydrogen-bond acceptors (Lipinski definition) is 4. The third-order valence-corrected chi connectivity index (χ3v) is 2.64. The van der Waals surface area contributed by atoms with Gasteiger partial charge in [0.25, 0.3) is 0 Å². The van der Waals surface area contributed by atoms with Gasteiger partial charge in [0.2, 0.25) is 0 Å². The SMILES string of the molecule is NC(Cc1ccco1)CN1CCOCC1. The maximum atomic E-state index is 6.05. The number of rotatable bonds is 4. The Kier molecular flexibility index (Phi) is 3.77. The third kappa shape index (κ3) is 3.34. The summed E-state index contributed by atoms with van der Waals surface area (Å²) in [5.41, 5.74) is 6.05. The van der Waals surface area contributed by atoms with Gasteiger partial charge < -0.3 is 14.9 Å². The first-order valence-electron chi connectivity index (χ1n) is 5.42. The summed E-state index contributed by atoms with van der Waals surface area (Å²) < 4.78 is 10.6. The Morgan fingerprint density at radius 1 is 1.40 bits per heavy atom. The van der Waals surface area contributed by atoms with Gasteiger partial charge in [0.1, 0.15) is 5.76 Å². The van der Waals surface area contributed by atoms with Crippen LogP contribution in [0, 0.1) is 0 Å². The van der Waals surface area contributed by atoms with Crippen LogP contribution in [0.5, 0.6) is 0 Å². The van der Waals surface area contributed by atoms with Crippen molar-refractivity contribution >= 4 is 0 Å².